The second kappa shape index (κ2) is 4.37. The van der Waals surface area contributed by atoms with Crippen LogP contribution >= 0.6 is 0 Å². The molecule has 17 heavy (non-hydrogen) atoms. The van der Waals surface area contributed by atoms with Crippen LogP contribution in [0.2, 0.25) is 0 Å². The summed E-state index contributed by atoms with van der Waals surface area (Å²) in [5.41, 5.74) is 3.38. The maximum absolute atomic E-state index is 4.35. The van der Waals surface area contributed by atoms with Gasteiger partial charge < -0.3 is 15.2 Å². The van der Waals surface area contributed by atoms with Gasteiger partial charge >= 0.3 is 0 Å². The Balaban J connectivity index is 2.15. The fraction of sp³-hybridized carbons (Fsp3) is 0.462. The molecule has 0 aliphatic carbocycles. The van der Waals surface area contributed by atoms with Crippen molar-refractivity contribution in [2.75, 3.05) is 18.9 Å². The first-order chi connectivity index (χ1) is 8.02. The lowest BCUT2D eigenvalue weighted by Crippen LogP contribution is -2.42. The van der Waals surface area contributed by atoms with E-state index in [0.717, 1.165) is 23.3 Å². The van der Waals surface area contributed by atoms with Crippen molar-refractivity contribution < 1.29 is 0 Å². The molecule has 2 aromatic rings. The quantitative estimate of drug-likeness (QED) is 0.847. The smallest absolute Gasteiger partial charge is 0.0955 e. The third-order valence-corrected chi connectivity index (χ3v) is 3.14. The first-order valence-electron chi connectivity index (χ1n) is 5.86. The lowest BCUT2D eigenvalue weighted by atomic mass is 10.1. The summed E-state index contributed by atoms with van der Waals surface area (Å²) in [6, 6.07) is 6.27. The molecule has 0 amide bonds. The Kier molecular flexibility index (Phi) is 3.07. The Morgan fingerprint density at radius 1 is 1.35 bits per heavy atom. The van der Waals surface area contributed by atoms with Crippen molar-refractivity contribution in [1.29, 1.82) is 0 Å². The molecule has 4 nitrogen and oxygen atoms in total. The molecule has 0 saturated heterocycles. The van der Waals surface area contributed by atoms with Crippen molar-refractivity contribution in [3.63, 3.8) is 0 Å². The molecule has 0 saturated carbocycles. The number of likely N-dealkylation sites (N-methyl/N-ethyl adjacent to an activating group) is 1. The van der Waals surface area contributed by atoms with Crippen LogP contribution in [-0.4, -0.2) is 28.7 Å². The summed E-state index contributed by atoms with van der Waals surface area (Å²) >= 11 is 0. The van der Waals surface area contributed by atoms with Crippen LogP contribution in [0, 0.1) is 0 Å². The highest BCUT2D eigenvalue weighted by molar-refractivity contribution is 5.79. The molecule has 1 aromatic carbocycles. The third-order valence-electron chi connectivity index (χ3n) is 3.14. The Hall–Kier alpha value is -1.55. The van der Waals surface area contributed by atoms with Gasteiger partial charge in [-0.2, -0.15) is 0 Å². The summed E-state index contributed by atoms with van der Waals surface area (Å²) in [6.45, 7) is 5.21. The zero-order valence-electron chi connectivity index (χ0n) is 10.9. The van der Waals surface area contributed by atoms with Gasteiger partial charge in [0, 0.05) is 24.8 Å². The van der Waals surface area contributed by atoms with Crippen LogP contribution in [0.4, 0.5) is 5.69 Å². The minimum absolute atomic E-state index is 0.0824. The van der Waals surface area contributed by atoms with Crippen molar-refractivity contribution in [2.24, 2.45) is 7.05 Å². The van der Waals surface area contributed by atoms with E-state index in [1.807, 2.05) is 25.0 Å². The second-order valence-electron chi connectivity index (χ2n) is 5.05. The van der Waals surface area contributed by atoms with Gasteiger partial charge in [0.2, 0.25) is 0 Å². The number of hydrogen-bond acceptors (Lipinski definition) is 3. The van der Waals surface area contributed by atoms with Crippen LogP contribution in [0.1, 0.15) is 13.8 Å². The molecule has 2 rings (SSSR count). The van der Waals surface area contributed by atoms with Crippen LogP contribution in [0.3, 0.4) is 0 Å². The molecule has 0 unspecified atom stereocenters. The van der Waals surface area contributed by atoms with E-state index < -0.39 is 0 Å². The molecule has 0 atom stereocenters. The van der Waals surface area contributed by atoms with E-state index in [9.17, 15) is 0 Å². The average Bonchev–Trinajstić information content (AvgIpc) is 2.68. The third kappa shape index (κ3) is 2.58. The molecule has 1 heterocycles. The number of fused-ring (bicyclic) bond motifs is 1. The van der Waals surface area contributed by atoms with Gasteiger partial charge in [0.25, 0.3) is 0 Å². The molecular formula is C13H20N4. The molecule has 0 aliphatic heterocycles. The van der Waals surface area contributed by atoms with E-state index in [1.54, 1.807) is 0 Å². The number of nitrogens with one attached hydrogen (secondary N) is 2. The molecule has 0 radical (unpaired) electrons. The van der Waals surface area contributed by atoms with Crippen LogP contribution < -0.4 is 10.6 Å². The van der Waals surface area contributed by atoms with E-state index in [0.29, 0.717) is 0 Å². The molecule has 0 fully saturated rings. The normalized spacial score (nSPS) is 12.0. The summed E-state index contributed by atoms with van der Waals surface area (Å²) in [6.07, 6.45) is 1.84. The SMILES string of the molecule is CNC(C)(C)CNc1ccc2c(c1)ncn2C. The van der Waals surface area contributed by atoms with E-state index >= 15 is 0 Å². The minimum Gasteiger partial charge on any atom is -0.383 e. The summed E-state index contributed by atoms with van der Waals surface area (Å²) < 4.78 is 2.02. The van der Waals surface area contributed by atoms with Gasteiger partial charge in [-0.15, -0.1) is 0 Å². The Labute approximate surface area is 102 Å². The highest BCUT2D eigenvalue weighted by atomic mass is 15.0. The fourth-order valence-electron chi connectivity index (χ4n) is 1.66. The Bertz CT molecular complexity index is 513. The van der Waals surface area contributed by atoms with Crippen molar-refractivity contribution in [3.8, 4) is 0 Å². The summed E-state index contributed by atoms with van der Waals surface area (Å²) in [5, 5.41) is 6.70. The van der Waals surface area contributed by atoms with Gasteiger partial charge in [-0.1, -0.05) is 0 Å². The van der Waals surface area contributed by atoms with Gasteiger partial charge in [0.05, 0.1) is 17.4 Å². The highest BCUT2D eigenvalue weighted by Crippen LogP contribution is 2.17. The lowest BCUT2D eigenvalue weighted by molar-refractivity contribution is 0.448. The largest absolute Gasteiger partial charge is 0.383 e. The van der Waals surface area contributed by atoms with Gasteiger partial charge in [0.15, 0.2) is 0 Å². The molecule has 0 aliphatic rings. The molecular weight excluding hydrogens is 212 g/mol. The molecule has 1 aromatic heterocycles. The minimum atomic E-state index is 0.0824. The van der Waals surface area contributed by atoms with Gasteiger partial charge in [-0.25, -0.2) is 4.98 Å². The molecule has 0 spiro atoms. The Morgan fingerprint density at radius 3 is 2.82 bits per heavy atom. The zero-order valence-corrected chi connectivity index (χ0v) is 10.9. The van der Waals surface area contributed by atoms with Crippen molar-refractivity contribution in [3.05, 3.63) is 24.5 Å². The van der Waals surface area contributed by atoms with Crippen molar-refractivity contribution in [2.45, 2.75) is 19.4 Å². The number of benzene rings is 1. The molecule has 2 N–H and O–H groups in total. The topological polar surface area (TPSA) is 41.9 Å². The standard InChI is InChI=1S/C13H20N4/c1-13(2,14-3)8-15-10-5-6-12-11(7-10)16-9-17(12)4/h5-7,9,14-15H,8H2,1-4H3. The van der Waals surface area contributed by atoms with E-state index in [2.05, 4.69) is 47.7 Å². The number of hydrogen-bond donors (Lipinski definition) is 2. The van der Waals surface area contributed by atoms with E-state index in [1.165, 1.54) is 0 Å². The number of anilines is 1. The van der Waals surface area contributed by atoms with Crippen LogP contribution in [0.25, 0.3) is 11.0 Å². The summed E-state index contributed by atoms with van der Waals surface area (Å²) in [7, 11) is 3.98. The van der Waals surface area contributed by atoms with Crippen LogP contribution in [0.5, 0.6) is 0 Å². The highest BCUT2D eigenvalue weighted by Gasteiger charge is 2.13. The number of imidazole rings is 1. The second-order valence-corrected chi connectivity index (χ2v) is 5.05. The predicted octanol–water partition coefficient (Wildman–Crippen LogP) is 1.98. The lowest BCUT2D eigenvalue weighted by Gasteiger charge is -2.24. The van der Waals surface area contributed by atoms with Gasteiger partial charge in [-0.3, -0.25) is 0 Å². The number of aromatic nitrogens is 2. The maximum Gasteiger partial charge on any atom is 0.0955 e. The van der Waals surface area contributed by atoms with Crippen LogP contribution in [0.15, 0.2) is 24.5 Å². The zero-order chi connectivity index (χ0) is 12.5. The maximum atomic E-state index is 4.35. The van der Waals surface area contributed by atoms with E-state index in [4.69, 9.17) is 0 Å². The van der Waals surface area contributed by atoms with Crippen molar-refractivity contribution >= 4 is 16.7 Å². The Morgan fingerprint density at radius 2 is 2.12 bits per heavy atom. The monoisotopic (exact) mass is 232 g/mol. The summed E-state index contributed by atoms with van der Waals surface area (Å²) in [4.78, 5) is 4.35. The number of rotatable bonds is 4. The molecule has 4 heteroatoms. The molecule has 92 valence electrons. The fourth-order valence-corrected chi connectivity index (χ4v) is 1.66. The molecule has 0 bridgehead atoms. The predicted molar refractivity (Wildman–Crippen MR) is 72.3 cm³/mol. The van der Waals surface area contributed by atoms with Gasteiger partial charge in [-0.05, 0) is 39.1 Å². The van der Waals surface area contributed by atoms with Crippen molar-refractivity contribution in [1.82, 2.24) is 14.9 Å². The first-order valence-corrected chi connectivity index (χ1v) is 5.86. The van der Waals surface area contributed by atoms with Crippen LogP contribution in [-0.2, 0) is 7.05 Å². The van der Waals surface area contributed by atoms with Gasteiger partial charge in [0.1, 0.15) is 0 Å². The average molecular weight is 232 g/mol. The van der Waals surface area contributed by atoms with E-state index in [-0.39, 0.29) is 5.54 Å². The number of nitrogens with zero attached hydrogens (tertiary/aromatic N) is 2. The summed E-state index contributed by atoms with van der Waals surface area (Å²) in [5.74, 6) is 0. The first kappa shape index (κ1) is 11.9. The number of aryl methyl sites for hydroxylation is 1.